The van der Waals surface area contributed by atoms with Crippen molar-refractivity contribution in [3.05, 3.63) is 25.3 Å². The summed E-state index contributed by atoms with van der Waals surface area (Å²) in [5.74, 6) is -2.13. The van der Waals surface area contributed by atoms with Crippen LogP contribution in [0.1, 0.15) is 94.4 Å². The minimum Gasteiger partial charge on any atom is -0.394 e. The second-order valence-corrected chi connectivity index (χ2v) is 15.0. The van der Waals surface area contributed by atoms with Crippen molar-refractivity contribution in [1.82, 2.24) is 14.7 Å². The molecule has 3 aliphatic rings. The van der Waals surface area contributed by atoms with Crippen molar-refractivity contribution in [1.29, 1.82) is 0 Å². The number of hydrogen-bond donors (Lipinski definition) is 1. The van der Waals surface area contributed by atoms with Crippen molar-refractivity contribution in [2.75, 3.05) is 26.2 Å². The lowest BCUT2D eigenvalue weighted by Gasteiger charge is -2.47. The molecule has 7 atom stereocenters. The summed E-state index contributed by atoms with van der Waals surface area (Å²) in [6.45, 7) is 27.4. The van der Waals surface area contributed by atoms with E-state index in [-0.39, 0.29) is 35.7 Å². The van der Waals surface area contributed by atoms with Crippen molar-refractivity contribution >= 4 is 17.7 Å². The molecular weight excluding hydrogens is 530 g/mol. The number of aliphatic hydroxyl groups excluding tert-OH is 1. The predicted molar refractivity (Wildman–Crippen MR) is 167 cm³/mol. The third-order valence-corrected chi connectivity index (χ3v) is 9.99. The first-order valence-electron chi connectivity index (χ1n) is 16.0. The lowest BCUT2D eigenvalue weighted by atomic mass is 9.66. The van der Waals surface area contributed by atoms with Crippen molar-refractivity contribution in [3.8, 4) is 0 Å². The third-order valence-electron chi connectivity index (χ3n) is 9.99. The SMILES string of the molecule is C=CCN(CCC)C(=O)[C@@H]1[C@H]2C(=O)N([C@@H](CO)[C@@H](C)CC)C(C(=O)N(CC=C)C(C)(C)CC(C)(C)C)C23CC[C@@]1(C)O3. The molecular formula is C34H57N3O5. The largest absolute Gasteiger partial charge is 0.394 e. The number of fused-ring (bicyclic) bond motifs is 1. The van der Waals surface area contributed by atoms with E-state index in [1.807, 2.05) is 32.6 Å². The molecule has 0 aromatic rings. The van der Waals surface area contributed by atoms with Crippen LogP contribution < -0.4 is 0 Å². The van der Waals surface area contributed by atoms with Crippen LogP contribution >= 0.6 is 0 Å². The fraction of sp³-hybridized carbons (Fsp3) is 0.794. The Morgan fingerprint density at radius 3 is 2.24 bits per heavy atom. The molecule has 0 radical (unpaired) electrons. The number of amides is 3. The van der Waals surface area contributed by atoms with E-state index >= 15 is 4.79 Å². The van der Waals surface area contributed by atoms with Gasteiger partial charge in [-0.15, -0.1) is 13.2 Å². The molecule has 1 N–H and O–H groups in total. The molecule has 2 bridgehead atoms. The smallest absolute Gasteiger partial charge is 0.249 e. The maximum atomic E-state index is 15.0. The quantitative estimate of drug-likeness (QED) is 0.295. The average molecular weight is 588 g/mol. The zero-order valence-electron chi connectivity index (χ0n) is 27.7. The number of hydrogen-bond acceptors (Lipinski definition) is 5. The summed E-state index contributed by atoms with van der Waals surface area (Å²) in [6, 6.07) is -1.52. The molecule has 0 aromatic carbocycles. The lowest BCUT2D eigenvalue weighted by Crippen LogP contribution is -2.63. The van der Waals surface area contributed by atoms with E-state index in [1.54, 1.807) is 22.0 Å². The van der Waals surface area contributed by atoms with Gasteiger partial charge in [0.05, 0.1) is 30.1 Å². The maximum absolute atomic E-state index is 15.0. The summed E-state index contributed by atoms with van der Waals surface area (Å²) in [5, 5.41) is 10.7. The first kappa shape index (κ1) is 34.3. The monoisotopic (exact) mass is 587 g/mol. The minimum absolute atomic E-state index is 0.0548. The molecule has 0 aliphatic carbocycles. The van der Waals surface area contributed by atoms with Crippen LogP contribution in [0.3, 0.4) is 0 Å². The number of aliphatic hydroxyl groups is 1. The summed E-state index contributed by atoms with van der Waals surface area (Å²) >= 11 is 0. The Labute approximate surface area is 254 Å². The van der Waals surface area contributed by atoms with Crippen LogP contribution in [-0.4, -0.2) is 92.6 Å². The molecule has 3 rings (SSSR count). The number of ether oxygens (including phenoxy) is 1. The number of rotatable bonds is 14. The van der Waals surface area contributed by atoms with Gasteiger partial charge in [0, 0.05) is 25.2 Å². The Bertz CT molecular complexity index is 1050. The van der Waals surface area contributed by atoms with Crippen LogP contribution in [0.25, 0.3) is 0 Å². The molecule has 8 nitrogen and oxygen atoms in total. The van der Waals surface area contributed by atoms with E-state index < -0.39 is 40.7 Å². The van der Waals surface area contributed by atoms with Gasteiger partial charge in [0.15, 0.2) is 0 Å². The minimum atomic E-state index is -1.15. The molecule has 8 heteroatoms. The fourth-order valence-corrected chi connectivity index (χ4v) is 8.41. The highest BCUT2D eigenvalue weighted by molar-refractivity contribution is 5.99. The molecule has 3 aliphatic heterocycles. The Hall–Kier alpha value is -2.19. The van der Waals surface area contributed by atoms with E-state index in [0.717, 1.165) is 19.3 Å². The van der Waals surface area contributed by atoms with Gasteiger partial charge in [0.25, 0.3) is 0 Å². The summed E-state index contributed by atoms with van der Waals surface area (Å²) < 4.78 is 6.91. The van der Waals surface area contributed by atoms with Gasteiger partial charge in [-0.25, -0.2) is 0 Å². The molecule has 3 heterocycles. The van der Waals surface area contributed by atoms with E-state index in [9.17, 15) is 14.7 Å². The molecule has 3 amide bonds. The molecule has 2 unspecified atom stereocenters. The highest BCUT2D eigenvalue weighted by Gasteiger charge is 2.79. The zero-order valence-corrected chi connectivity index (χ0v) is 27.7. The van der Waals surface area contributed by atoms with Crippen molar-refractivity contribution in [2.45, 2.75) is 123 Å². The molecule has 1 spiro atoms. The van der Waals surface area contributed by atoms with E-state index in [1.165, 1.54) is 0 Å². The van der Waals surface area contributed by atoms with Crippen LogP contribution in [0.15, 0.2) is 25.3 Å². The van der Waals surface area contributed by atoms with Gasteiger partial charge in [-0.2, -0.15) is 0 Å². The number of carbonyl (C=O) groups is 3. The van der Waals surface area contributed by atoms with Crippen LogP contribution in [0.5, 0.6) is 0 Å². The normalized spacial score (nSPS) is 30.2. The van der Waals surface area contributed by atoms with E-state index in [2.05, 4.69) is 47.8 Å². The van der Waals surface area contributed by atoms with Gasteiger partial charge in [-0.1, -0.05) is 60.1 Å². The van der Waals surface area contributed by atoms with Gasteiger partial charge in [0.2, 0.25) is 17.7 Å². The summed E-state index contributed by atoms with van der Waals surface area (Å²) in [4.78, 5) is 49.2. The van der Waals surface area contributed by atoms with E-state index in [0.29, 0.717) is 32.5 Å². The second kappa shape index (κ2) is 12.4. The molecule has 0 saturated carbocycles. The lowest BCUT2D eigenvalue weighted by molar-refractivity contribution is -0.161. The van der Waals surface area contributed by atoms with Crippen LogP contribution in [0, 0.1) is 23.2 Å². The first-order chi connectivity index (χ1) is 19.5. The fourth-order valence-electron chi connectivity index (χ4n) is 8.41. The molecule has 0 aromatic heterocycles. The predicted octanol–water partition coefficient (Wildman–Crippen LogP) is 4.81. The van der Waals surface area contributed by atoms with Crippen molar-refractivity contribution < 1.29 is 24.2 Å². The first-order valence-corrected chi connectivity index (χ1v) is 16.0. The van der Waals surface area contributed by atoms with Crippen LogP contribution in [0.4, 0.5) is 0 Å². The Morgan fingerprint density at radius 1 is 1.12 bits per heavy atom. The number of nitrogens with zero attached hydrogens (tertiary/aromatic N) is 3. The van der Waals surface area contributed by atoms with Crippen molar-refractivity contribution in [2.24, 2.45) is 23.2 Å². The summed E-state index contributed by atoms with van der Waals surface area (Å²) in [5.41, 5.74) is -2.60. The average Bonchev–Trinajstić information content (AvgIpc) is 3.46. The van der Waals surface area contributed by atoms with Crippen molar-refractivity contribution in [3.63, 3.8) is 0 Å². The Balaban J connectivity index is 2.22. The number of carbonyl (C=O) groups excluding carboxylic acids is 3. The van der Waals surface area contributed by atoms with Crippen LogP contribution in [-0.2, 0) is 19.1 Å². The molecule has 42 heavy (non-hydrogen) atoms. The molecule has 3 saturated heterocycles. The van der Waals surface area contributed by atoms with Gasteiger partial charge >= 0.3 is 0 Å². The van der Waals surface area contributed by atoms with E-state index in [4.69, 9.17) is 4.74 Å². The number of likely N-dealkylation sites (tertiary alicyclic amines) is 1. The topological polar surface area (TPSA) is 90.4 Å². The van der Waals surface area contributed by atoms with Gasteiger partial charge in [-0.3, -0.25) is 14.4 Å². The standard InChI is InChI=1S/C34H57N3O5/c1-12-18-35(19-13-2)28(39)25-26-29(40)37(24(21-38)23(5)15-4)27(34(26)17-16-33(25,11)42-34)30(41)36(20-14-3)32(9,10)22-31(6,7)8/h12,14,23-27,38H,1,3,13,15-22H2,2,4-11H3/t23-,24-,25-,26-,27?,33+,34?/m0/s1. The summed E-state index contributed by atoms with van der Waals surface area (Å²) in [6.07, 6.45) is 6.77. The summed E-state index contributed by atoms with van der Waals surface area (Å²) in [7, 11) is 0. The van der Waals surface area contributed by atoms with Gasteiger partial charge in [-0.05, 0) is 57.8 Å². The zero-order chi connectivity index (χ0) is 31.8. The highest BCUT2D eigenvalue weighted by Crippen LogP contribution is 2.64. The Kier molecular flexibility index (Phi) is 10.2. The van der Waals surface area contributed by atoms with Gasteiger partial charge in [0.1, 0.15) is 11.6 Å². The Morgan fingerprint density at radius 2 is 1.74 bits per heavy atom. The van der Waals surface area contributed by atoms with Crippen LogP contribution in [0.2, 0.25) is 0 Å². The second-order valence-electron chi connectivity index (χ2n) is 15.0. The third kappa shape index (κ3) is 5.82. The van der Waals surface area contributed by atoms with Gasteiger partial charge < -0.3 is 24.5 Å². The maximum Gasteiger partial charge on any atom is 0.249 e. The highest BCUT2D eigenvalue weighted by atomic mass is 16.5. The molecule has 238 valence electrons. The molecule has 3 fully saturated rings.